The summed E-state index contributed by atoms with van der Waals surface area (Å²) < 4.78 is 5.18. The lowest BCUT2D eigenvalue weighted by atomic mass is 10.3. The normalized spacial score (nSPS) is 13.7. The second kappa shape index (κ2) is 8.17. The van der Waals surface area contributed by atoms with Crippen molar-refractivity contribution in [3.05, 3.63) is 23.2 Å². The molecule has 0 radical (unpaired) electrons. The van der Waals surface area contributed by atoms with E-state index in [-0.39, 0.29) is 24.9 Å². The molecule has 0 saturated heterocycles. The van der Waals surface area contributed by atoms with E-state index in [2.05, 4.69) is 10.6 Å². The van der Waals surface area contributed by atoms with Crippen LogP contribution in [0.25, 0.3) is 0 Å². The molecule has 2 amide bonds. The van der Waals surface area contributed by atoms with Crippen molar-refractivity contribution in [2.24, 2.45) is 5.92 Å². The molecule has 0 bridgehead atoms. The molecule has 0 aliphatic heterocycles. The van der Waals surface area contributed by atoms with Gasteiger partial charge in [-0.05, 0) is 44.0 Å². The zero-order valence-electron chi connectivity index (χ0n) is 13.4. The van der Waals surface area contributed by atoms with Gasteiger partial charge >= 0.3 is 0 Å². The highest BCUT2D eigenvalue weighted by atomic mass is 35.5. The third-order valence-corrected chi connectivity index (χ3v) is 3.78. The maximum absolute atomic E-state index is 12.1. The van der Waals surface area contributed by atoms with Crippen molar-refractivity contribution in [2.45, 2.75) is 12.8 Å². The second-order valence-electron chi connectivity index (χ2n) is 5.81. The summed E-state index contributed by atoms with van der Waals surface area (Å²) in [6, 6.07) is 5.00. The molecular formula is C16H22ClN3O3. The van der Waals surface area contributed by atoms with Crippen molar-refractivity contribution in [1.82, 2.24) is 10.2 Å². The van der Waals surface area contributed by atoms with Gasteiger partial charge in [0.1, 0.15) is 5.75 Å². The Morgan fingerprint density at radius 1 is 1.30 bits per heavy atom. The van der Waals surface area contributed by atoms with E-state index in [0.717, 1.165) is 6.54 Å². The molecule has 0 spiro atoms. The Bertz CT molecular complexity index is 576. The van der Waals surface area contributed by atoms with Gasteiger partial charge in [-0.1, -0.05) is 11.6 Å². The van der Waals surface area contributed by atoms with Crippen molar-refractivity contribution in [1.29, 1.82) is 0 Å². The third kappa shape index (κ3) is 6.08. The number of nitrogens with one attached hydrogen (secondary N) is 2. The molecule has 6 nitrogen and oxygen atoms in total. The van der Waals surface area contributed by atoms with Gasteiger partial charge in [-0.2, -0.15) is 0 Å². The quantitative estimate of drug-likeness (QED) is 0.757. The van der Waals surface area contributed by atoms with Crippen LogP contribution < -0.4 is 15.4 Å². The van der Waals surface area contributed by atoms with Gasteiger partial charge in [-0.3, -0.25) is 14.5 Å². The molecule has 23 heavy (non-hydrogen) atoms. The molecule has 1 aliphatic carbocycles. The maximum atomic E-state index is 12.1. The molecule has 7 heteroatoms. The Labute approximate surface area is 141 Å². The summed E-state index contributed by atoms with van der Waals surface area (Å²) in [4.78, 5) is 25.5. The first-order chi connectivity index (χ1) is 11.0. The molecule has 1 aliphatic rings. The zero-order valence-corrected chi connectivity index (χ0v) is 14.2. The topological polar surface area (TPSA) is 70.7 Å². The fourth-order valence-corrected chi connectivity index (χ4v) is 2.32. The lowest BCUT2D eigenvalue weighted by Crippen LogP contribution is -2.39. The fourth-order valence-electron chi connectivity index (χ4n) is 2.15. The highest BCUT2D eigenvalue weighted by molar-refractivity contribution is 6.31. The minimum Gasteiger partial charge on any atom is -0.495 e. The zero-order chi connectivity index (χ0) is 16.8. The average molecular weight is 340 g/mol. The minimum atomic E-state index is -0.233. The van der Waals surface area contributed by atoms with Gasteiger partial charge in [0, 0.05) is 11.6 Å². The van der Waals surface area contributed by atoms with Gasteiger partial charge in [0.2, 0.25) is 11.8 Å². The molecule has 1 aromatic carbocycles. The summed E-state index contributed by atoms with van der Waals surface area (Å²) in [6.45, 7) is 1.03. The molecule has 0 unspecified atom stereocenters. The molecule has 0 atom stereocenters. The summed E-state index contributed by atoms with van der Waals surface area (Å²) in [7, 11) is 3.25. The van der Waals surface area contributed by atoms with E-state index in [9.17, 15) is 9.59 Å². The van der Waals surface area contributed by atoms with E-state index < -0.39 is 0 Å². The van der Waals surface area contributed by atoms with Crippen LogP contribution in [0.1, 0.15) is 12.8 Å². The molecule has 1 saturated carbocycles. The van der Waals surface area contributed by atoms with E-state index >= 15 is 0 Å². The van der Waals surface area contributed by atoms with Crippen LogP contribution >= 0.6 is 11.6 Å². The first kappa shape index (κ1) is 17.6. The number of carbonyl (C=O) groups is 2. The number of carbonyl (C=O) groups excluding carboxylic acids is 2. The van der Waals surface area contributed by atoms with Gasteiger partial charge in [0.25, 0.3) is 0 Å². The van der Waals surface area contributed by atoms with Crippen LogP contribution in [-0.4, -0.2) is 50.5 Å². The van der Waals surface area contributed by atoms with Crippen LogP contribution in [0.4, 0.5) is 5.69 Å². The summed E-state index contributed by atoms with van der Waals surface area (Å²) in [5.74, 6) is 0.881. The standard InChI is InChI=1S/C16H22ClN3O3/c1-20(9-15(21)18-8-11-3-4-11)10-16(22)19-13-7-12(17)5-6-14(13)23-2/h5-7,11H,3-4,8-10H2,1-2H3,(H,18,21)(H,19,22). The summed E-state index contributed by atoms with van der Waals surface area (Å²) >= 11 is 5.93. The Morgan fingerprint density at radius 2 is 2.00 bits per heavy atom. The van der Waals surface area contributed by atoms with Crippen LogP contribution in [0.3, 0.4) is 0 Å². The third-order valence-electron chi connectivity index (χ3n) is 3.55. The van der Waals surface area contributed by atoms with Crippen molar-refractivity contribution in [3.63, 3.8) is 0 Å². The number of ether oxygens (including phenoxy) is 1. The lowest BCUT2D eigenvalue weighted by molar-refractivity contribution is -0.123. The predicted molar refractivity (Wildman–Crippen MR) is 89.9 cm³/mol. The number of rotatable bonds is 8. The molecule has 0 heterocycles. The number of nitrogens with zero attached hydrogens (tertiary/aromatic N) is 1. The highest BCUT2D eigenvalue weighted by Crippen LogP contribution is 2.28. The molecule has 126 valence electrons. The Morgan fingerprint density at radius 3 is 2.65 bits per heavy atom. The van der Waals surface area contributed by atoms with Gasteiger partial charge < -0.3 is 15.4 Å². The summed E-state index contributed by atoms with van der Waals surface area (Å²) in [5.41, 5.74) is 0.511. The molecule has 1 fully saturated rings. The van der Waals surface area contributed by atoms with E-state index in [4.69, 9.17) is 16.3 Å². The smallest absolute Gasteiger partial charge is 0.238 e. The molecular weight excluding hydrogens is 318 g/mol. The first-order valence-corrected chi connectivity index (χ1v) is 7.94. The number of amides is 2. The summed E-state index contributed by atoms with van der Waals surface area (Å²) in [5, 5.41) is 6.13. The van der Waals surface area contributed by atoms with Crippen LogP contribution in [-0.2, 0) is 9.59 Å². The van der Waals surface area contributed by atoms with Gasteiger partial charge in [-0.25, -0.2) is 0 Å². The Kier molecular flexibility index (Phi) is 6.24. The van der Waals surface area contributed by atoms with Gasteiger partial charge in [-0.15, -0.1) is 0 Å². The van der Waals surface area contributed by atoms with Crippen LogP contribution in [0.2, 0.25) is 5.02 Å². The molecule has 1 aromatic rings. The van der Waals surface area contributed by atoms with Crippen molar-refractivity contribution >= 4 is 29.1 Å². The average Bonchev–Trinajstić information content (AvgIpc) is 3.29. The number of hydrogen-bond donors (Lipinski definition) is 2. The lowest BCUT2D eigenvalue weighted by Gasteiger charge is -2.17. The fraction of sp³-hybridized carbons (Fsp3) is 0.500. The molecule has 2 N–H and O–H groups in total. The second-order valence-corrected chi connectivity index (χ2v) is 6.25. The Hall–Kier alpha value is -1.79. The molecule has 0 aromatic heterocycles. The number of hydrogen-bond acceptors (Lipinski definition) is 4. The van der Waals surface area contributed by atoms with Gasteiger partial charge in [0.05, 0.1) is 25.9 Å². The van der Waals surface area contributed by atoms with Crippen LogP contribution in [0.15, 0.2) is 18.2 Å². The number of methoxy groups -OCH3 is 1. The number of halogens is 1. The largest absolute Gasteiger partial charge is 0.495 e. The maximum Gasteiger partial charge on any atom is 0.238 e. The number of likely N-dealkylation sites (N-methyl/N-ethyl adjacent to an activating group) is 1. The number of benzene rings is 1. The minimum absolute atomic E-state index is 0.0625. The SMILES string of the molecule is COc1ccc(Cl)cc1NC(=O)CN(C)CC(=O)NCC1CC1. The van der Waals surface area contributed by atoms with E-state index in [1.807, 2.05) is 0 Å². The summed E-state index contributed by atoms with van der Waals surface area (Å²) in [6.07, 6.45) is 2.39. The van der Waals surface area contributed by atoms with Crippen molar-refractivity contribution in [2.75, 3.05) is 39.1 Å². The monoisotopic (exact) mass is 339 g/mol. The van der Waals surface area contributed by atoms with Crippen LogP contribution in [0.5, 0.6) is 5.75 Å². The van der Waals surface area contributed by atoms with Crippen molar-refractivity contribution in [3.8, 4) is 5.75 Å². The van der Waals surface area contributed by atoms with E-state index in [1.54, 1.807) is 30.1 Å². The predicted octanol–water partition coefficient (Wildman–Crippen LogP) is 1.75. The van der Waals surface area contributed by atoms with Crippen molar-refractivity contribution < 1.29 is 14.3 Å². The first-order valence-electron chi connectivity index (χ1n) is 7.56. The van der Waals surface area contributed by atoms with Crippen LogP contribution in [0, 0.1) is 5.92 Å². The van der Waals surface area contributed by atoms with E-state index in [1.165, 1.54) is 20.0 Å². The number of anilines is 1. The highest BCUT2D eigenvalue weighted by Gasteiger charge is 2.22. The van der Waals surface area contributed by atoms with Gasteiger partial charge in [0.15, 0.2) is 0 Å². The molecule has 2 rings (SSSR count). The Balaban J connectivity index is 1.79. The van der Waals surface area contributed by atoms with E-state index in [0.29, 0.717) is 22.4 Å².